The topological polar surface area (TPSA) is 63.4 Å². The zero-order chi connectivity index (χ0) is 16.2. The van der Waals surface area contributed by atoms with Crippen LogP contribution in [0, 0.1) is 0 Å². The van der Waals surface area contributed by atoms with Gasteiger partial charge in [0.25, 0.3) is 0 Å². The van der Waals surface area contributed by atoms with Gasteiger partial charge in [-0.3, -0.25) is 4.57 Å². The first kappa shape index (κ1) is 15.1. The molecule has 1 aromatic heterocycles. The molecule has 6 heteroatoms. The van der Waals surface area contributed by atoms with E-state index in [9.17, 15) is 5.11 Å². The number of fused-ring (bicyclic) bond motifs is 1. The van der Waals surface area contributed by atoms with Crippen molar-refractivity contribution in [2.24, 2.45) is 0 Å². The second kappa shape index (κ2) is 5.31. The van der Waals surface area contributed by atoms with Crippen LogP contribution in [0.3, 0.4) is 0 Å². The monoisotopic (exact) mass is 318 g/mol. The fraction of sp³-hybridized carbons (Fsp3) is 0.765. The molecule has 0 radical (unpaired) electrons. The Morgan fingerprint density at radius 3 is 2.65 bits per heavy atom. The van der Waals surface area contributed by atoms with Crippen molar-refractivity contribution in [1.82, 2.24) is 19.7 Å². The van der Waals surface area contributed by atoms with Gasteiger partial charge in [0.2, 0.25) is 0 Å². The lowest BCUT2D eigenvalue weighted by Crippen LogP contribution is -2.41. The summed E-state index contributed by atoms with van der Waals surface area (Å²) in [5.41, 5.74) is 2.33. The third kappa shape index (κ3) is 2.39. The Labute approximate surface area is 137 Å². The van der Waals surface area contributed by atoms with Crippen molar-refractivity contribution >= 4 is 5.70 Å². The number of aliphatic hydroxyl groups excluding tert-OH is 1. The summed E-state index contributed by atoms with van der Waals surface area (Å²) in [4.78, 5) is 2.02. The van der Waals surface area contributed by atoms with Crippen molar-refractivity contribution < 1.29 is 9.84 Å². The van der Waals surface area contributed by atoms with Crippen LogP contribution in [0.25, 0.3) is 5.70 Å². The zero-order valence-electron chi connectivity index (χ0n) is 14.2. The molecule has 2 fully saturated rings. The molecule has 0 spiro atoms. The summed E-state index contributed by atoms with van der Waals surface area (Å²) < 4.78 is 7.93. The second-order valence-electron chi connectivity index (χ2n) is 7.46. The van der Waals surface area contributed by atoms with E-state index in [1.807, 2.05) is 4.90 Å². The van der Waals surface area contributed by atoms with Gasteiger partial charge in [0.15, 0.2) is 12.1 Å². The average molecular weight is 318 g/mol. The minimum Gasteiger partial charge on any atom is -0.376 e. The smallest absolute Gasteiger partial charge is 0.189 e. The molecule has 23 heavy (non-hydrogen) atoms. The molecule has 2 atom stereocenters. The quantitative estimate of drug-likeness (QED) is 0.927. The molecule has 1 saturated heterocycles. The van der Waals surface area contributed by atoms with Crippen LogP contribution in [0.5, 0.6) is 0 Å². The van der Waals surface area contributed by atoms with E-state index in [1.54, 1.807) is 0 Å². The van der Waals surface area contributed by atoms with Gasteiger partial charge in [0, 0.05) is 30.0 Å². The fourth-order valence-corrected chi connectivity index (χ4v) is 3.70. The van der Waals surface area contributed by atoms with Crippen molar-refractivity contribution in [2.75, 3.05) is 13.2 Å². The molecule has 126 valence electrons. The van der Waals surface area contributed by atoms with Crippen molar-refractivity contribution in [3.8, 4) is 0 Å². The summed E-state index contributed by atoms with van der Waals surface area (Å²) in [6.07, 6.45) is 5.15. The first-order chi connectivity index (χ1) is 11.0. The minimum atomic E-state index is -0.743. The number of nitrogens with zero attached hydrogens (tertiary/aromatic N) is 4. The molecule has 6 nitrogen and oxygen atoms in total. The molecule has 3 aliphatic rings. The molecule has 0 bridgehead atoms. The van der Waals surface area contributed by atoms with E-state index in [4.69, 9.17) is 4.74 Å². The van der Waals surface area contributed by atoms with Crippen LogP contribution in [0.4, 0.5) is 0 Å². The molecule has 1 aliphatic carbocycles. The van der Waals surface area contributed by atoms with Gasteiger partial charge in [-0.15, -0.1) is 10.2 Å². The van der Waals surface area contributed by atoms with Gasteiger partial charge in [0.05, 0.1) is 6.10 Å². The highest BCUT2D eigenvalue weighted by Crippen LogP contribution is 2.48. The lowest BCUT2D eigenvalue weighted by atomic mass is 10.1. The van der Waals surface area contributed by atoms with Gasteiger partial charge in [-0.25, -0.2) is 0 Å². The van der Waals surface area contributed by atoms with Crippen molar-refractivity contribution in [3.05, 3.63) is 17.3 Å². The summed E-state index contributed by atoms with van der Waals surface area (Å²) in [6, 6.07) is 0. The van der Waals surface area contributed by atoms with Gasteiger partial charge in [0.1, 0.15) is 5.82 Å². The van der Waals surface area contributed by atoms with Crippen LogP contribution in [0.15, 0.2) is 5.70 Å². The summed E-state index contributed by atoms with van der Waals surface area (Å²) in [6.45, 7) is 7.93. The van der Waals surface area contributed by atoms with Crippen LogP contribution in [0.1, 0.15) is 70.8 Å². The summed E-state index contributed by atoms with van der Waals surface area (Å²) >= 11 is 0. The summed E-state index contributed by atoms with van der Waals surface area (Å²) in [5, 5.41) is 19.6. The van der Waals surface area contributed by atoms with Crippen LogP contribution < -0.4 is 0 Å². The van der Waals surface area contributed by atoms with Crippen LogP contribution in [-0.4, -0.2) is 44.0 Å². The standard InChI is InChI=1S/C17H26N4O2/c1-11-12(2)21-14(18-19-16(21)17(3)7-8-17)15(22)20(11)10-13-6-4-5-9-23-13/h13,15,22H,4-10H2,1-3H3. The number of ether oxygens (including phenoxy) is 1. The van der Waals surface area contributed by atoms with E-state index in [0.29, 0.717) is 12.4 Å². The summed E-state index contributed by atoms with van der Waals surface area (Å²) in [5.74, 6) is 1.64. The van der Waals surface area contributed by atoms with E-state index < -0.39 is 6.23 Å². The first-order valence-corrected chi connectivity index (χ1v) is 8.71. The lowest BCUT2D eigenvalue weighted by molar-refractivity contribution is -0.0489. The highest BCUT2D eigenvalue weighted by Gasteiger charge is 2.46. The third-order valence-corrected chi connectivity index (χ3v) is 5.72. The molecule has 1 N–H and O–H groups in total. The van der Waals surface area contributed by atoms with Crippen LogP contribution in [-0.2, 0) is 10.2 Å². The fourth-order valence-electron chi connectivity index (χ4n) is 3.70. The molecule has 2 unspecified atom stereocenters. The van der Waals surface area contributed by atoms with Crippen molar-refractivity contribution in [1.29, 1.82) is 0 Å². The Bertz CT molecular complexity index is 641. The Morgan fingerprint density at radius 1 is 1.22 bits per heavy atom. The van der Waals surface area contributed by atoms with Gasteiger partial charge in [-0.1, -0.05) is 6.92 Å². The molecule has 2 aliphatic heterocycles. The number of hydrogen-bond acceptors (Lipinski definition) is 5. The molecule has 4 rings (SSSR count). The van der Waals surface area contributed by atoms with Crippen molar-refractivity contribution in [2.45, 2.75) is 70.6 Å². The van der Waals surface area contributed by atoms with Crippen molar-refractivity contribution in [3.63, 3.8) is 0 Å². The normalized spacial score (nSPS) is 29.7. The Hall–Kier alpha value is -1.40. The first-order valence-electron chi connectivity index (χ1n) is 8.71. The SMILES string of the molecule is CC1=C(C)n2c(nnc2C2(C)CC2)C(O)N1CC1CCCCO1. The Kier molecular flexibility index (Phi) is 3.50. The largest absolute Gasteiger partial charge is 0.376 e. The highest BCUT2D eigenvalue weighted by molar-refractivity contribution is 5.52. The van der Waals surface area contributed by atoms with Gasteiger partial charge in [-0.2, -0.15) is 0 Å². The molecular formula is C17H26N4O2. The predicted molar refractivity (Wildman–Crippen MR) is 86.4 cm³/mol. The number of aromatic nitrogens is 3. The average Bonchev–Trinajstić information content (AvgIpc) is 3.13. The molecule has 3 heterocycles. The molecule has 0 amide bonds. The minimum absolute atomic E-state index is 0.126. The second-order valence-corrected chi connectivity index (χ2v) is 7.46. The van der Waals surface area contributed by atoms with E-state index in [2.05, 4.69) is 35.5 Å². The Morgan fingerprint density at radius 2 is 2.00 bits per heavy atom. The van der Waals surface area contributed by atoms with E-state index in [-0.39, 0.29) is 11.5 Å². The van der Waals surface area contributed by atoms with Gasteiger partial charge < -0.3 is 14.7 Å². The lowest BCUT2D eigenvalue weighted by Gasteiger charge is -2.38. The van der Waals surface area contributed by atoms with E-state index in [0.717, 1.165) is 49.5 Å². The molecule has 1 aromatic rings. The Balaban J connectivity index is 1.66. The number of allylic oxidation sites excluding steroid dienone is 2. The van der Waals surface area contributed by atoms with Crippen LogP contribution in [0.2, 0.25) is 0 Å². The number of rotatable bonds is 3. The van der Waals surface area contributed by atoms with Gasteiger partial charge in [-0.05, 0) is 46.0 Å². The molecule has 0 aromatic carbocycles. The molecular weight excluding hydrogens is 292 g/mol. The van der Waals surface area contributed by atoms with E-state index >= 15 is 0 Å². The van der Waals surface area contributed by atoms with Crippen LogP contribution >= 0.6 is 0 Å². The predicted octanol–water partition coefficient (Wildman–Crippen LogP) is 2.41. The molecule has 1 saturated carbocycles. The zero-order valence-corrected chi connectivity index (χ0v) is 14.2. The maximum Gasteiger partial charge on any atom is 0.189 e. The maximum absolute atomic E-state index is 10.9. The van der Waals surface area contributed by atoms with Gasteiger partial charge >= 0.3 is 0 Å². The summed E-state index contributed by atoms with van der Waals surface area (Å²) in [7, 11) is 0. The highest BCUT2D eigenvalue weighted by atomic mass is 16.5. The number of aliphatic hydroxyl groups is 1. The maximum atomic E-state index is 10.9. The third-order valence-electron chi connectivity index (χ3n) is 5.72. The van der Waals surface area contributed by atoms with E-state index in [1.165, 1.54) is 6.42 Å². The number of hydrogen-bond donors (Lipinski definition) is 1.